The first-order valence-electron chi connectivity index (χ1n) is 8.56. The van der Waals surface area contributed by atoms with E-state index in [2.05, 4.69) is 5.32 Å². The molecule has 2 aliphatic rings. The van der Waals surface area contributed by atoms with Crippen molar-refractivity contribution in [3.63, 3.8) is 0 Å². The zero-order valence-electron chi connectivity index (χ0n) is 13.6. The number of nitrogens with one attached hydrogen (secondary N) is 1. The van der Waals surface area contributed by atoms with E-state index in [0.29, 0.717) is 24.4 Å². The number of rotatable bonds is 5. The normalized spacial score (nSPS) is 24.8. The fourth-order valence-electron chi connectivity index (χ4n) is 3.83. The fraction of sp³-hybridized carbons (Fsp3) is 0.611. The van der Waals surface area contributed by atoms with Gasteiger partial charge in [0, 0.05) is 18.5 Å². The molecule has 2 saturated carbocycles. The highest BCUT2D eigenvalue weighted by Crippen LogP contribution is 2.48. The first-order valence-corrected chi connectivity index (χ1v) is 8.56. The molecule has 3 rings (SSSR count). The second kappa shape index (κ2) is 8.26. The summed E-state index contributed by atoms with van der Waals surface area (Å²) >= 11 is 0. The van der Waals surface area contributed by atoms with Gasteiger partial charge in [-0.25, -0.2) is 8.78 Å². The Morgan fingerprint density at radius 2 is 1.96 bits per heavy atom. The maximum absolute atomic E-state index is 13.8. The predicted octanol–water partition coefficient (Wildman–Crippen LogP) is 3.51. The Morgan fingerprint density at radius 1 is 1.25 bits per heavy atom. The molecule has 0 heterocycles. The summed E-state index contributed by atoms with van der Waals surface area (Å²) in [5.74, 6) is -1.77. The third-order valence-corrected chi connectivity index (χ3v) is 5.31. The SMILES string of the molecule is Cl.NCC(NC(=O)C1CC1c1cccc(F)c1F)C1CCCCC1. The standard InChI is InChI=1S/C18H24F2N2O.ClH/c19-15-8-4-7-12(17(15)20)13-9-14(13)18(23)22-16(10-21)11-5-2-1-3-6-11;/h4,7-8,11,13-14,16H,1-3,5-6,9-10,21H2,(H,22,23);1H. The van der Waals surface area contributed by atoms with Gasteiger partial charge in [0.05, 0.1) is 0 Å². The minimum atomic E-state index is -0.851. The molecule has 3 N–H and O–H groups in total. The molecule has 0 bridgehead atoms. The average molecular weight is 359 g/mol. The number of hydrogen-bond acceptors (Lipinski definition) is 2. The summed E-state index contributed by atoms with van der Waals surface area (Å²) < 4.78 is 27.1. The summed E-state index contributed by atoms with van der Waals surface area (Å²) in [5, 5.41) is 3.05. The van der Waals surface area contributed by atoms with E-state index in [9.17, 15) is 13.6 Å². The first-order chi connectivity index (χ1) is 11.1. The summed E-state index contributed by atoms with van der Waals surface area (Å²) in [7, 11) is 0. The van der Waals surface area contributed by atoms with Gasteiger partial charge in [0.25, 0.3) is 0 Å². The van der Waals surface area contributed by atoms with Crippen molar-refractivity contribution in [1.29, 1.82) is 0 Å². The van der Waals surface area contributed by atoms with Crippen molar-refractivity contribution < 1.29 is 13.6 Å². The third kappa shape index (κ3) is 4.06. The van der Waals surface area contributed by atoms with E-state index in [4.69, 9.17) is 5.73 Å². The minimum Gasteiger partial charge on any atom is -0.352 e. The minimum absolute atomic E-state index is 0. The molecule has 2 aliphatic carbocycles. The molecule has 6 heteroatoms. The molecule has 3 nitrogen and oxygen atoms in total. The van der Waals surface area contributed by atoms with Crippen molar-refractivity contribution >= 4 is 18.3 Å². The summed E-state index contributed by atoms with van der Waals surface area (Å²) in [6, 6.07) is 4.16. The van der Waals surface area contributed by atoms with Crippen molar-refractivity contribution in [3.05, 3.63) is 35.4 Å². The molecule has 0 saturated heterocycles. The molecule has 134 valence electrons. The van der Waals surface area contributed by atoms with Crippen molar-refractivity contribution in [2.75, 3.05) is 6.54 Å². The van der Waals surface area contributed by atoms with Crippen molar-refractivity contribution in [1.82, 2.24) is 5.32 Å². The molecule has 0 radical (unpaired) electrons. The van der Waals surface area contributed by atoms with Crippen LogP contribution in [0.2, 0.25) is 0 Å². The summed E-state index contributed by atoms with van der Waals surface area (Å²) in [5.41, 5.74) is 6.15. The Morgan fingerprint density at radius 3 is 2.62 bits per heavy atom. The molecule has 1 aromatic rings. The van der Waals surface area contributed by atoms with Crippen LogP contribution in [-0.2, 0) is 4.79 Å². The lowest BCUT2D eigenvalue weighted by Gasteiger charge is -2.30. The summed E-state index contributed by atoms with van der Waals surface area (Å²) in [6.07, 6.45) is 6.43. The number of hydrogen-bond donors (Lipinski definition) is 2. The molecule has 3 unspecified atom stereocenters. The van der Waals surface area contributed by atoms with E-state index in [1.54, 1.807) is 6.07 Å². The van der Waals surface area contributed by atoms with Crippen LogP contribution in [0.3, 0.4) is 0 Å². The molecule has 2 fully saturated rings. The van der Waals surface area contributed by atoms with Crippen LogP contribution in [0.4, 0.5) is 8.78 Å². The van der Waals surface area contributed by atoms with E-state index in [0.717, 1.165) is 18.9 Å². The van der Waals surface area contributed by atoms with Crippen LogP contribution in [0.5, 0.6) is 0 Å². The van der Waals surface area contributed by atoms with E-state index >= 15 is 0 Å². The summed E-state index contributed by atoms with van der Waals surface area (Å²) in [6.45, 7) is 0.433. The highest BCUT2D eigenvalue weighted by atomic mass is 35.5. The molecule has 1 amide bonds. The zero-order chi connectivity index (χ0) is 16.4. The maximum Gasteiger partial charge on any atom is 0.224 e. The van der Waals surface area contributed by atoms with Crippen LogP contribution in [0.1, 0.15) is 50.0 Å². The molecular formula is C18H25ClF2N2O. The number of nitrogens with two attached hydrogens (primary N) is 1. The van der Waals surface area contributed by atoms with E-state index in [-0.39, 0.29) is 36.2 Å². The highest BCUT2D eigenvalue weighted by Gasteiger charge is 2.46. The van der Waals surface area contributed by atoms with Gasteiger partial charge in [-0.3, -0.25) is 4.79 Å². The predicted molar refractivity (Wildman–Crippen MR) is 92.0 cm³/mol. The Labute approximate surface area is 147 Å². The molecule has 0 spiro atoms. The van der Waals surface area contributed by atoms with Gasteiger partial charge in [-0.2, -0.15) is 0 Å². The third-order valence-electron chi connectivity index (χ3n) is 5.31. The van der Waals surface area contributed by atoms with Crippen LogP contribution in [-0.4, -0.2) is 18.5 Å². The second-order valence-electron chi connectivity index (χ2n) is 6.84. The van der Waals surface area contributed by atoms with Crippen LogP contribution < -0.4 is 11.1 Å². The Kier molecular flexibility index (Phi) is 6.58. The number of amides is 1. The van der Waals surface area contributed by atoms with E-state index in [1.165, 1.54) is 25.3 Å². The second-order valence-corrected chi connectivity index (χ2v) is 6.84. The molecule has 24 heavy (non-hydrogen) atoms. The van der Waals surface area contributed by atoms with Crippen LogP contribution in [0.25, 0.3) is 0 Å². The van der Waals surface area contributed by atoms with Crippen LogP contribution >= 0.6 is 12.4 Å². The van der Waals surface area contributed by atoms with Gasteiger partial charge in [-0.1, -0.05) is 31.4 Å². The maximum atomic E-state index is 13.8. The lowest BCUT2D eigenvalue weighted by atomic mass is 9.84. The van der Waals surface area contributed by atoms with Gasteiger partial charge in [0.1, 0.15) is 0 Å². The van der Waals surface area contributed by atoms with Gasteiger partial charge >= 0.3 is 0 Å². The zero-order valence-corrected chi connectivity index (χ0v) is 14.5. The van der Waals surface area contributed by atoms with Gasteiger partial charge in [0.15, 0.2) is 11.6 Å². The molecule has 1 aromatic carbocycles. The topological polar surface area (TPSA) is 55.1 Å². The van der Waals surface area contributed by atoms with Gasteiger partial charge in [-0.15, -0.1) is 12.4 Å². The Bertz CT molecular complexity index is 578. The largest absolute Gasteiger partial charge is 0.352 e. The summed E-state index contributed by atoms with van der Waals surface area (Å²) in [4.78, 5) is 12.4. The lowest BCUT2D eigenvalue weighted by Crippen LogP contribution is -2.46. The van der Waals surface area contributed by atoms with Crippen molar-refractivity contribution in [3.8, 4) is 0 Å². The molecular weight excluding hydrogens is 334 g/mol. The first kappa shape index (κ1) is 19.1. The van der Waals surface area contributed by atoms with Gasteiger partial charge < -0.3 is 11.1 Å². The molecule has 3 atom stereocenters. The molecule has 0 aromatic heterocycles. The lowest BCUT2D eigenvalue weighted by molar-refractivity contribution is -0.123. The van der Waals surface area contributed by atoms with Crippen LogP contribution in [0.15, 0.2) is 18.2 Å². The number of benzene rings is 1. The highest BCUT2D eigenvalue weighted by molar-refractivity contribution is 5.85. The Balaban J connectivity index is 0.00000208. The quantitative estimate of drug-likeness (QED) is 0.846. The van der Waals surface area contributed by atoms with Crippen molar-refractivity contribution in [2.24, 2.45) is 17.6 Å². The molecule has 0 aliphatic heterocycles. The van der Waals surface area contributed by atoms with Crippen molar-refractivity contribution in [2.45, 2.75) is 50.5 Å². The van der Waals surface area contributed by atoms with E-state index < -0.39 is 11.6 Å². The smallest absolute Gasteiger partial charge is 0.224 e. The number of carbonyl (C=O) groups excluding carboxylic acids is 1. The van der Waals surface area contributed by atoms with Gasteiger partial charge in [0.2, 0.25) is 5.91 Å². The number of carbonyl (C=O) groups is 1. The van der Waals surface area contributed by atoms with Gasteiger partial charge in [-0.05, 0) is 42.7 Å². The monoisotopic (exact) mass is 358 g/mol. The Hall–Kier alpha value is -1.20. The van der Waals surface area contributed by atoms with E-state index in [1.807, 2.05) is 0 Å². The fourth-order valence-corrected chi connectivity index (χ4v) is 3.83. The average Bonchev–Trinajstić information content (AvgIpc) is 3.36. The van der Waals surface area contributed by atoms with Crippen LogP contribution in [0, 0.1) is 23.5 Å². The number of halogens is 3.